The zero-order valence-electron chi connectivity index (χ0n) is 11.8. The van der Waals surface area contributed by atoms with E-state index in [9.17, 15) is 0 Å². The standard InChI is InChI=1S/C13H21N5/c1-6-17-10(4)12(8(2)15-17)7-18-11(5)13(14)9(3)16-18/h6-7,14H2,1-5H3. The van der Waals surface area contributed by atoms with Crippen LogP contribution in [-0.4, -0.2) is 19.6 Å². The number of aromatic nitrogens is 4. The van der Waals surface area contributed by atoms with Crippen molar-refractivity contribution < 1.29 is 0 Å². The summed E-state index contributed by atoms with van der Waals surface area (Å²) in [5.41, 5.74) is 12.2. The van der Waals surface area contributed by atoms with Gasteiger partial charge in [0.2, 0.25) is 0 Å². The van der Waals surface area contributed by atoms with Crippen molar-refractivity contribution in [3.63, 3.8) is 0 Å². The molecule has 0 aliphatic carbocycles. The summed E-state index contributed by atoms with van der Waals surface area (Å²) in [4.78, 5) is 0. The molecule has 0 aliphatic rings. The lowest BCUT2D eigenvalue weighted by Crippen LogP contribution is -2.07. The Morgan fingerprint density at radius 1 is 0.944 bits per heavy atom. The topological polar surface area (TPSA) is 61.7 Å². The third kappa shape index (κ3) is 1.89. The highest BCUT2D eigenvalue weighted by molar-refractivity contribution is 5.47. The van der Waals surface area contributed by atoms with Crippen molar-refractivity contribution in [2.75, 3.05) is 5.73 Å². The quantitative estimate of drug-likeness (QED) is 0.902. The Balaban J connectivity index is 2.40. The Labute approximate surface area is 108 Å². The number of anilines is 1. The molecule has 2 aromatic rings. The van der Waals surface area contributed by atoms with Crippen LogP contribution in [0.25, 0.3) is 0 Å². The fourth-order valence-corrected chi connectivity index (χ4v) is 2.29. The number of nitrogens with zero attached hydrogens (tertiary/aromatic N) is 4. The van der Waals surface area contributed by atoms with Gasteiger partial charge in [-0.1, -0.05) is 0 Å². The fourth-order valence-electron chi connectivity index (χ4n) is 2.29. The van der Waals surface area contributed by atoms with Gasteiger partial charge in [-0.15, -0.1) is 0 Å². The summed E-state index contributed by atoms with van der Waals surface area (Å²) < 4.78 is 3.99. The molecule has 0 aromatic carbocycles. The van der Waals surface area contributed by atoms with Gasteiger partial charge in [0.05, 0.1) is 29.3 Å². The van der Waals surface area contributed by atoms with Crippen LogP contribution in [0.5, 0.6) is 0 Å². The molecule has 0 radical (unpaired) electrons. The van der Waals surface area contributed by atoms with Crippen molar-refractivity contribution in [2.45, 2.75) is 47.7 Å². The summed E-state index contributed by atoms with van der Waals surface area (Å²) >= 11 is 0. The maximum atomic E-state index is 5.96. The number of rotatable bonds is 3. The van der Waals surface area contributed by atoms with Gasteiger partial charge in [-0.3, -0.25) is 9.36 Å². The molecule has 5 heteroatoms. The third-order valence-corrected chi connectivity index (χ3v) is 3.58. The van der Waals surface area contributed by atoms with Crippen molar-refractivity contribution in [3.8, 4) is 0 Å². The van der Waals surface area contributed by atoms with Gasteiger partial charge in [0, 0.05) is 17.8 Å². The minimum atomic E-state index is 0.738. The fraction of sp³-hybridized carbons (Fsp3) is 0.538. The normalized spacial score (nSPS) is 11.2. The molecule has 0 aliphatic heterocycles. The summed E-state index contributed by atoms with van der Waals surface area (Å²) in [6.45, 7) is 11.8. The molecule has 0 amide bonds. The molecule has 2 N–H and O–H groups in total. The highest BCUT2D eigenvalue weighted by Crippen LogP contribution is 2.19. The predicted octanol–water partition coefficient (Wildman–Crippen LogP) is 1.96. The number of nitrogen functional groups attached to an aromatic ring is 1. The molecular formula is C13H21N5. The highest BCUT2D eigenvalue weighted by Gasteiger charge is 2.14. The summed E-state index contributed by atoms with van der Waals surface area (Å²) in [5.74, 6) is 0. The molecule has 98 valence electrons. The number of aryl methyl sites for hydroxylation is 3. The van der Waals surface area contributed by atoms with Crippen LogP contribution in [0.4, 0.5) is 5.69 Å². The Morgan fingerprint density at radius 2 is 1.56 bits per heavy atom. The number of hydrogen-bond donors (Lipinski definition) is 1. The van der Waals surface area contributed by atoms with Gasteiger partial charge in [0.25, 0.3) is 0 Å². The summed E-state index contributed by atoms with van der Waals surface area (Å²) in [7, 11) is 0. The van der Waals surface area contributed by atoms with Gasteiger partial charge in [0.15, 0.2) is 0 Å². The van der Waals surface area contributed by atoms with Crippen LogP contribution in [0, 0.1) is 27.7 Å². The molecule has 2 aromatic heterocycles. The monoisotopic (exact) mass is 247 g/mol. The zero-order valence-corrected chi connectivity index (χ0v) is 11.8. The Morgan fingerprint density at radius 3 is 2.00 bits per heavy atom. The molecule has 0 saturated carbocycles. The van der Waals surface area contributed by atoms with E-state index >= 15 is 0 Å². The van der Waals surface area contributed by atoms with Gasteiger partial charge in [-0.05, 0) is 34.6 Å². The van der Waals surface area contributed by atoms with E-state index in [1.54, 1.807) is 0 Å². The molecule has 5 nitrogen and oxygen atoms in total. The summed E-state index contributed by atoms with van der Waals surface area (Å²) in [6.07, 6.45) is 0. The van der Waals surface area contributed by atoms with E-state index in [1.165, 1.54) is 11.3 Å². The van der Waals surface area contributed by atoms with Gasteiger partial charge in [-0.2, -0.15) is 10.2 Å². The second-order valence-electron chi connectivity index (χ2n) is 4.71. The maximum Gasteiger partial charge on any atom is 0.0826 e. The molecule has 2 rings (SSSR count). The lowest BCUT2D eigenvalue weighted by molar-refractivity contribution is 0.627. The average Bonchev–Trinajstić information content (AvgIpc) is 2.74. The molecule has 18 heavy (non-hydrogen) atoms. The van der Waals surface area contributed by atoms with E-state index in [1.807, 2.05) is 30.1 Å². The first-order chi connectivity index (χ1) is 8.45. The van der Waals surface area contributed by atoms with E-state index in [2.05, 4.69) is 24.0 Å². The van der Waals surface area contributed by atoms with Crippen LogP contribution < -0.4 is 5.73 Å². The minimum absolute atomic E-state index is 0.738. The number of nitrogens with two attached hydrogens (primary N) is 1. The lowest BCUT2D eigenvalue weighted by Gasteiger charge is -2.06. The number of hydrogen-bond acceptors (Lipinski definition) is 3. The van der Waals surface area contributed by atoms with E-state index in [0.29, 0.717) is 0 Å². The molecule has 0 spiro atoms. The van der Waals surface area contributed by atoms with Crippen molar-refractivity contribution >= 4 is 5.69 Å². The molecule has 2 heterocycles. The van der Waals surface area contributed by atoms with Crippen molar-refractivity contribution in [1.29, 1.82) is 0 Å². The second kappa shape index (κ2) is 4.48. The summed E-state index contributed by atoms with van der Waals surface area (Å²) in [5, 5.41) is 9.01. The first kappa shape index (κ1) is 12.7. The van der Waals surface area contributed by atoms with E-state index in [0.717, 1.165) is 35.9 Å². The van der Waals surface area contributed by atoms with E-state index in [4.69, 9.17) is 5.73 Å². The van der Waals surface area contributed by atoms with Crippen molar-refractivity contribution in [2.24, 2.45) is 0 Å². The van der Waals surface area contributed by atoms with Gasteiger partial charge < -0.3 is 5.73 Å². The van der Waals surface area contributed by atoms with Crippen LogP contribution in [0.1, 0.15) is 35.3 Å². The van der Waals surface area contributed by atoms with E-state index < -0.39 is 0 Å². The van der Waals surface area contributed by atoms with Gasteiger partial charge in [-0.25, -0.2) is 0 Å². The van der Waals surface area contributed by atoms with Crippen LogP contribution >= 0.6 is 0 Å². The lowest BCUT2D eigenvalue weighted by atomic mass is 10.2. The SMILES string of the molecule is CCn1nc(C)c(Cn2nc(C)c(N)c2C)c1C. The summed E-state index contributed by atoms with van der Waals surface area (Å²) in [6, 6.07) is 0. The predicted molar refractivity (Wildman–Crippen MR) is 72.6 cm³/mol. The smallest absolute Gasteiger partial charge is 0.0826 e. The van der Waals surface area contributed by atoms with Gasteiger partial charge >= 0.3 is 0 Å². The Kier molecular flexibility index (Phi) is 3.15. The van der Waals surface area contributed by atoms with Crippen molar-refractivity contribution in [1.82, 2.24) is 19.6 Å². The highest BCUT2D eigenvalue weighted by atomic mass is 15.3. The Bertz CT molecular complexity index is 577. The molecule has 0 unspecified atom stereocenters. The molecule has 0 fully saturated rings. The van der Waals surface area contributed by atoms with E-state index in [-0.39, 0.29) is 0 Å². The van der Waals surface area contributed by atoms with Crippen LogP contribution in [0.15, 0.2) is 0 Å². The first-order valence-corrected chi connectivity index (χ1v) is 6.28. The molecule has 0 atom stereocenters. The maximum absolute atomic E-state index is 5.96. The zero-order chi connectivity index (χ0) is 13.4. The first-order valence-electron chi connectivity index (χ1n) is 6.28. The van der Waals surface area contributed by atoms with Crippen LogP contribution in [0.2, 0.25) is 0 Å². The minimum Gasteiger partial charge on any atom is -0.396 e. The van der Waals surface area contributed by atoms with Gasteiger partial charge in [0.1, 0.15) is 0 Å². The average molecular weight is 247 g/mol. The Hall–Kier alpha value is -1.78. The van der Waals surface area contributed by atoms with Crippen LogP contribution in [-0.2, 0) is 13.1 Å². The largest absolute Gasteiger partial charge is 0.396 e. The second-order valence-corrected chi connectivity index (χ2v) is 4.71. The third-order valence-electron chi connectivity index (χ3n) is 3.58. The molecule has 0 saturated heterocycles. The van der Waals surface area contributed by atoms with Crippen LogP contribution in [0.3, 0.4) is 0 Å². The molecule has 0 bridgehead atoms. The molecular weight excluding hydrogens is 226 g/mol. The van der Waals surface area contributed by atoms with Crippen molar-refractivity contribution in [3.05, 3.63) is 28.3 Å².